The second-order valence-corrected chi connectivity index (χ2v) is 10.2. The molecule has 0 saturated heterocycles. The van der Waals surface area contributed by atoms with Crippen molar-refractivity contribution in [3.8, 4) is 11.5 Å². The number of carbonyl (C=O) groups excluding carboxylic acids is 2. The Morgan fingerprint density at radius 1 is 0.706 bits per heavy atom. The fourth-order valence-corrected chi connectivity index (χ4v) is 7.05. The molecule has 6 unspecified atom stereocenters. The van der Waals surface area contributed by atoms with Crippen molar-refractivity contribution in [2.75, 3.05) is 13.2 Å². The number of benzene rings is 2. The number of phenolic OH excluding ortho intramolecular Hbond substituents is 2. The molecule has 3 fully saturated rings. The predicted molar refractivity (Wildman–Crippen MR) is 125 cm³/mol. The third-order valence-corrected chi connectivity index (χ3v) is 8.44. The number of carbonyl (C=O) groups is 2. The summed E-state index contributed by atoms with van der Waals surface area (Å²) >= 11 is 0. The first-order valence-corrected chi connectivity index (χ1v) is 12.4. The minimum Gasteiger partial charge on any atom is -0.508 e. The number of ether oxygens (including phenoxy) is 2. The van der Waals surface area contributed by atoms with E-state index in [0.717, 1.165) is 36.5 Å². The van der Waals surface area contributed by atoms with Crippen molar-refractivity contribution < 1.29 is 29.3 Å². The first kappa shape index (κ1) is 22.8. The van der Waals surface area contributed by atoms with Crippen LogP contribution in [-0.4, -0.2) is 35.4 Å². The van der Waals surface area contributed by atoms with Gasteiger partial charge < -0.3 is 19.7 Å². The van der Waals surface area contributed by atoms with E-state index < -0.39 is 0 Å². The van der Waals surface area contributed by atoms with E-state index >= 15 is 0 Å². The summed E-state index contributed by atoms with van der Waals surface area (Å²) in [7, 11) is 0. The summed E-state index contributed by atoms with van der Waals surface area (Å²) in [5.41, 5.74) is 0.937. The monoisotopic (exact) mass is 464 g/mol. The van der Waals surface area contributed by atoms with Gasteiger partial charge in [-0.25, -0.2) is 9.59 Å². The highest BCUT2D eigenvalue weighted by Crippen LogP contribution is 2.63. The van der Waals surface area contributed by atoms with Gasteiger partial charge in [0.15, 0.2) is 0 Å². The van der Waals surface area contributed by atoms with E-state index in [2.05, 4.69) is 0 Å². The smallest absolute Gasteiger partial charge is 0.338 e. The van der Waals surface area contributed by atoms with Crippen LogP contribution in [0, 0.1) is 35.5 Å². The van der Waals surface area contributed by atoms with Gasteiger partial charge in [0.05, 0.1) is 24.3 Å². The Kier molecular flexibility index (Phi) is 6.48. The maximum absolute atomic E-state index is 12.2. The van der Waals surface area contributed by atoms with Crippen LogP contribution in [0.3, 0.4) is 0 Å². The van der Waals surface area contributed by atoms with Crippen LogP contribution in [0.5, 0.6) is 11.5 Å². The highest BCUT2D eigenvalue weighted by Gasteiger charge is 2.56. The van der Waals surface area contributed by atoms with E-state index in [1.807, 2.05) is 0 Å². The average Bonchev–Trinajstić information content (AvgIpc) is 3.53. The molecular formula is C28H32O6. The zero-order chi connectivity index (χ0) is 23.7. The van der Waals surface area contributed by atoms with Crippen molar-refractivity contribution >= 4 is 11.9 Å². The fourth-order valence-electron chi connectivity index (χ4n) is 7.05. The minimum atomic E-state index is -0.330. The third kappa shape index (κ3) is 4.63. The lowest BCUT2D eigenvalue weighted by molar-refractivity contribution is 0.0434. The predicted octanol–water partition coefficient (Wildman–Crippen LogP) is 5.19. The molecule has 3 saturated carbocycles. The van der Waals surface area contributed by atoms with Crippen molar-refractivity contribution in [3.63, 3.8) is 0 Å². The molecule has 5 rings (SSSR count). The van der Waals surface area contributed by atoms with Gasteiger partial charge >= 0.3 is 11.9 Å². The number of hydrogen-bond donors (Lipinski definition) is 2. The molecule has 180 valence electrons. The molecule has 2 bridgehead atoms. The summed E-state index contributed by atoms with van der Waals surface area (Å²) in [5.74, 6) is 3.85. The van der Waals surface area contributed by atoms with E-state index in [1.165, 1.54) is 49.9 Å². The molecule has 0 spiro atoms. The molecule has 0 amide bonds. The summed E-state index contributed by atoms with van der Waals surface area (Å²) in [4.78, 5) is 24.4. The van der Waals surface area contributed by atoms with Gasteiger partial charge in [0.2, 0.25) is 0 Å². The van der Waals surface area contributed by atoms with Gasteiger partial charge in [-0.15, -0.1) is 0 Å². The first-order valence-electron chi connectivity index (χ1n) is 12.4. The molecule has 2 aromatic carbocycles. The van der Waals surface area contributed by atoms with E-state index in [0.29, 0.717) is 36.2 Å². The van der Waals surface area contributed by atoms with Crippen LogP contribution in [0.1, 0.15) is 59.2 Å². The van der Waals surface area contributed by atoms with Gasteiger partial charge in [-0.2, -0.15) is 0 Å². The zero-order valence-electron chi connectivity index (χ0n) is 19.3. The van der Waals surface area contributed by atoms with Crippen LogP contribution in [0.15, 0.2) is 48.5 Å². The van der Waals surface area contributed by atoms with Crippen LogP contribution in [0.2, 0.25) is 0 Å². The lowest BCUT2D eigenvalue weighted by atomic mass is 9.72. The Bertz CT molecular complexity index is 1010. The van der Waals surface area contributed by atoms with Gasteiger partial charge in [0.25, 0.3) is 0 Å². The molecule has 3 aliphatic rings. The van der Waals surface area contributed by atoms with Gasteiger partial charge in [-0.1, -0.05) is 0 Å². The second-order valence-electron chi connectivity index (χ2n) is 10.2. The fraction of sp³-hybridized carbons (Fsp3) is 0.500. The van der Waals surface area contributed by atoms with Crippen molar-refractivity contribution in [3.05, 3.63) is 59.7 Å². The molecule has 0 aliphatic heterocycles. The highest BCUT2D eigenvalue weighted by molar-refractivity contribution is 5.89. The Morgan fingerprint density at radius 2 is 1.24 bits per heavy atom. The number of aromatic hydroxyl groups is 2. The quantitative estimate of drug-likeness (QED) is 0.522. The number of fused-ring (bicyclic) bond motifs is 5. The standard InChI is InChI=1S/C28H32O6/c29-22-6-1-18(2-7-22)27(31)33-13-11-17-5-10-24-25-16-21(26(17)24)15-20(25)12-14-34-28(32)19-3-8-23(30)9-4-19/h1-4,6-9,17,20-21,24-26,29-30H,5,10-16H2. The molecule has 2 aromatic rings. The van der Waals surface area contributed by atoms with Crippen LogP contribution >= 0.6 is 0 Å². The Hall–Kier alpha value is -3.02. The molecule has 0 heterocycles. The van der Waals surface area contributed by atoms with E-state index in [4.69, 9.17) is 9.47 Å². The van der Waals surface area contributed by atoms with Gasteiger partial charge in [-0.05, 0) is 123 Å². The summed E-state index contributed by atoms with van der Waals surface area (Å²) < 4.78 is 11.0. The molecule has 0 aromatic heterocycles. The van der Waals surface area contributed by atoms with E-state index in [1.54, 1.807) is 24.3 Å². The maximum Gasteiger partial charge on any atom is 0.338 e. The number of phenols is 2. The Labute approximate surface area is 199 Å². The minimum absolute atomic E-state index is 0.137. The van der Waals surface area contributed by atoms with Crippen LogP contribution in [0.25, 0.3) is 0 Å². The second kappa shape index (κ2) is 9.69. The Balaban J connectivity index is 1.06. The normalized spacial score (nSPS) is 29.1. The van der Waals surface area contributed by atoms with E-state index in [9.17, 15) is 19.8 Å². The number of rotatable bonds is 8. The summed E-state index contributed by atoms with van der Waals surface area (Å²) in [6, 6.07) is 12.3. The van der Waals surface area contributed by atoms with Crippen LogP contribution in [0.4, 0.5) is 0 Å². The molecule has 0 radical (unpaired) electrons. The third-order valence-electron chi connectivity index (χ3n) is 8.44. The highest BCUT2D eigenvalue weighted by atomic mass is 16.5. The molecular weight excluding hydrogens is 432 g/mol. The first-order chi connectivity index (χ1) is 16.5. The molecule has 2 N–H and O–H groups in total. The van der Waals surface area contributed by atoms with Crippen molar-refractivity contribution in [1.82, 2.24) is 0 Å². The summed E-state index contributed by atoms with van der Waals surface area (Å²) in [6.07, 6.45) is 6.81. The molecule has 6 nitrogen and oxygen atoms in total. The van der Waals surface area contributed by atoms with Crippen LogP contribution < -0.4 is 0 Å². The topological polar surface area (TPSA) is 93.1 Å². The largest absolute Gasteiger partial charge is 0.508 e. The maximum atomic E-state index is 12.2. The lowest BCUT2D eigenvalue weighted by Crippen LogP contribution is -2.29. The van der Waals surface area contributed by atoms with E-state index in [-0.39, 0.29) is 23.4 Å². The number of esters is 2. The van der Waals surface area contributed by atoms with Gasteiger partial charge in [-0.3, -0.25) is 0 Å². The molecule has 3 aliphatic carbocycles. The molecule has 34 heavy (non-hydrogen) atoms. The SMILES string of the molecule is O=C(OCCC1CC2CC1C1CCC(CCOC(=O)c3ccc(O)cc3)C21)c1ccc(O)cc1. The lowest BCUT2D eigenvalue weighted by Gasteiger charge is -2.34. The number of hydrogen-bond acceptors (Lipinski definition) is 6. The Morgan fingerprint density at radius 3 is 1.79 bits per heavy atom. The van der Waals surface area contributed by atoms with Gasteiger partial charge in [0.1, 0.15) is 11.5 Å². The average molecular weight is 465 g/mol. The molecule has 6 atom stereocenters. The van der Waals surface area contributed by atoms with Crippen LogP contribution in [-0.2, 0) is 9.47 Å². The zero-order valence-corrected chi connectivity index (χ0v) is 19.3. The summed E-state index contributed by atoms with van der Waals surface area (Å²) in [6.45, 7) is 0.892. The molecule has 6 heteroatoms. The van der Waals surface area contributed by atoms with Crippen molar-refractivity contribution in [2.24, 2.45) is 35.5 Å². The van der Waals surface area contributed by atoms with Crippen molar-refractivity contribution in [2.45, 2.75) is 38.5 Å². The summed E-state index contributed by atoms with van der Waals surface area (Å²) in [5, 5.41) is 18.7. The van der Waals surface area contributed by atoms with Crippen molar-refractivity contribution in [1.29, 1.82) is 0 Å². The van der Waals surface area contributed by atoms with Gasteiger partial charge in [0, 0.05) is 0 Å².